The first-order chi connectivity index (χ1) is 16.1. The summed E-state index contributed by atoms with van der Waals surface area (Å²) < 4.78 is 9.50. The van der Waals surface area contributed by atoms with Gasteiger partial charge in [0.1, 0.15) is 29.8 Å². The maximum Gasteiger partial charge on any atom is 0.332 e. The van der Waals surface area contributed by atoms with Crippen LogP contribution in [0, 0.1) is 0 Å². The third kappa shape index (κ3) is 4.13. The van der Waals surface area contributed by atoms with E-state index >= 15 is 0 Å². The number of rotatable bonds is 5. The molecule has 34 heavy (non-hydrogen) atoms. The molecule has 4 atom stereocenters. The molecule has 3 aromatic heterocycles. The predicted molar refractivity (Wildman–Crippen MR) is 119 cm³/mol. The monoisotopic (exact) mass is 473 g/mol. The topological polar surface area (TPSA) is 166 Å². The van der Waals surface area contributed by atoms with Crippen LogP contribution in [0.5, 0.6) is 0 Å². The molecular formula is C21H27N7O6. The number of aliphatic hydroxyl groups is 2. The van der Waals surface area contributed by atoms with Crippen molar-refractivity contribution in [2.24, 2.45) is 14.1 Å². The zero-order valence-electron chi connectivity index (χ0n) is 19.2. The van der Waals surface area contributed by atoms with Crippen LogP contribution in [0.25, 0.3) is 11.2 Å². The Morgan fingerprint density at radius 1 is 1.15 bits per heavy atom. The Balaban J connectivity index is 1.47. The molecule has 0 saturated carbocycles. The lowest BCUT2D eigenvalue weighted by molar-refractivity contribution is -0.152. The molecule has 0 unspecified atom stereocenters. The molecule has 0 aliphatic carbocycles. The van der Waals surface area contributed by atoms with Crippen LogP contribution >= 0.6 is 0 Å². The molecule has 3 N–H and O–H groups in total. The summed E-state index contributed by atoms with van der Waals surface area (Å²) in [6.45, 7) is 3.84. The van der Waals surface area contributed by atoms with Gasteiger partial charge >= 0.3 is 5.69 Å². The van der Waals surface area contributed by atoms with Crippen molar-refractivity contribution < 1.29 is 19.7 Å². The summed E-state index contributed by atoms with van der Waals surface area (Å²) in [6, 6.07) is -0.861. The molecule has 13 nitrogen and oxygen atoms in total. The molecule has 0 aromatic carbocycles. The first-order valence-electron chi connectivity index (χ1n) is 10.8. The second kappa shape index (κ2) is 9.08. The van der Waals surface area contributed by atoms with Crippen LogP contribution in [0.3, 0.4) is 0 Å². The van der Waals surface area contributed by atoms with E-state index in [2.05, 4.69) is 20.3 Å². The molecule has 0 spiro atoms. The lowest BCUT2D eigenvalue weighted by Crippen LogP contribution is -2.60. The van der Waals surface area contributed by atoms with E-state index in [1.165, 1.54) is 42.0 Å². The van der Waals surface area contributed by atoms with Crippen molar-refractivity contribution in [1.82, 2.24) is 34.0 Å². The van der Waals surface area contributed by atoms with Gasteiger partial charge in [-0.3, -0.25) is 18.7 Å². The molecule has 13 heteroatoms. The van der Waals surface area contributed by atoms with Crippen LogP contribution in [0.2, 0.25) is 0 Å². The second-order valence-electron chi connectivity index (χ2n) is 8.69. The van der Waals surface area contributed by atoms with Crippen LogP contribution in [0.4, 0.5) is 0 Å². The maximum atomic E-state index is 12.5. The summed E-state index contributed by atoms with van der Waals surface area (Å²) in [5, 5.41) is 23.9. The van der Waals surface area contributed by atoms with Gasteiger partial charge in [0.2, 0.25) is 0 Å². The number of aromatic nitrogens is 6. The lowest BCUT2D eigenvalue weighted by Gasteiger charge is -2.38. The van der Waals surface area contributed by atoms with Gasteiger partial charge in [-0.05, 0) is 0 Å². The van der Waals surface area contributed by atoms with Crippen molar-refractivity contribution >= 4 is 17.1 Å². The fourth-order valence-electron chi connectivity index (χ4n) is 3.94. The molecule has 1 saturated heterocycles. The van der Waals surface area contributed by atoms with E-state index in [0.29, 0.717) is 5.82 Å². The van der Waals surface area contributed by atoms with E-state index in [1.807, 2.05) is 13.8 Å². The molecule has 1 aliphatic heterocycles. The number of imidazole rings is 1. The summed E-state index contributed by atoms with van der Waals surface area (Å²) in [4.78, 5) is 49.6. The summed E-state index contributed by atoms with van der Waals surface area (Å²) in [5.41, 5.74) is -0.446. The molecule has 1 fully saturated rings. The van der Waals surface area contributed by atoms with Crippen molar-refractivity contribution in [2.75, 3.05) is 6.61 Å². The van der Waals surface area contributed by atoms with Crippen molar-refractivity contribution in [3.8, 4) is 0 Å². The zero-order valence-corrected chi connectivity index (χ0v) is 19.2. The summed E-state index contributed by atoms with van der Waals surface area (Å²) in [6.07, 6.45) is 0.665. The number of nitrogens with zero attached hydrogens (tertiary/aromatic N) is 6. The van der Waals surface area contributed by atoms with Crippen LogP contribution in [0.15, 0.2) is 28.3 Å². The number of hydrogen-bond acceptors (Lipinski definition) is 9. The molecule has 0 bridgehead atoms. The largest absolute Gasteiger partial charge is 0.388 e. The summed E-state index contributed by atoms with van der Waals surface area (Å²) in [7, 11) is 2.88. The zero-order chi connectivity index (χ0) is 24.7. The molecule has 4 heterocycles. The number of hydrogen-bond donors (Lipinski definition) is 3. The third-order valence-electron chi connectivity index (χ3n) is 5.99. The van der Waals surface area contributed by atoms with Crippen LogP contribution < -0.4 is 16.6 Å². The minimum absolute atomic E-state index is 0.0281. The van der Waals surface area contributed by atoms with E-state index < -0.39 is 41.5 Å². The average Bonchev–Trinajstić information content (AvgIpc) is 3.24. The van der Waals surface area contributed by atoms with Gasteiger partial charge in [0.15, 0.2) is 5.52 Å². The van der Waals surface area contributed by atoms with Crippen molar-refractivity contribution in [3.05, 3.63) is 50.9 Å². The number of aryl methyl sites for hydroxylation is 1. The van der Waals surface area contributed by atoms with E-state index in [4.69, 9.17) is 4.74 Å². The number of nitrogens with one attached hydrogen (secondary N) is 1. The Bertz CT molecular complexity index is 1330. The van der Waals surface area contributed by atoms with E-state index in [-0.39, 0.29) is 35.8 Å². The Morgan fingerprint density at radius 2 is 1.82 bits per heavy atom. The normalized spacial score (nSPS) is 22.9. The smallest absolute Gasteiger partial charge is 0.332 e. The number of carbonyl (C=O) groups excluding carboxylic acids is 1. The standard InChI is InChI=1S/C21H27N7O6/c1-10(2)17-22-5-11(6-23-17)18(31)25-12-8-34-13(16(30)15(12)29)7-28-9-24-14-19(28)26(3)21(33)27(4)20(14)32/h5-6,9-10,12-13,15-16,29-30H,7-8H2,1-4H3,(H,25,31)/t12-,13-,15+,16-/m1/s1. The Kier molecular flexibility index (Phi) is 6.34. The SMILES string of the molecule is CC(C)c1ncc(C(=O)N[C@@H]2CO[C@H](Cn3cnc4c(=O)n(C)c(=O)n(C)c43)[C@@H](O)[C@H]2O)cn1. The number of fused-ring (bicyclic) bond motifs is 1. The highest BCUT2D eigenvalue weighted by molar-refractivity contribution is 5.93. The molecular weight excluding hydrogens is 446 g/mol. The average molecular weight is 473 g/mol. The van der Waals surface area contributed by atoms with Gasteiger partial charge < -0.3 is 24.8 Å². The first kappa shape index (κ1) is 23.7. The highest BCUT2D eigenvalue weighted by Gasteiger charge is 2.39. The molecule has 1 aliphatic rings. The second-order valence-corrected chi connectivity index (χ2v) is 8.69. The van der Waals surface area contributed by atoms with Crippen molar-refractivity contribution in [1.29, 1.82) is 0 Å². The highest BCUT2D eigenvalue weighted by Crippen LogP contribution is 2.19. The molecule has 1 amide bonds. The van der Waals surface area contributed by atoms with Gasteiger partial charge in [0.05, 0.1) is 31.1 Å². The van der Waals surface area contributed by atoms with Crippen LogP contribution in [0.1, 0.15) is 35.9 Å². The minimum atomic E-state index is -1.35. The minimum Gasteiger partial charge on any atom is -0.388 e. The third-order valence-corrected chi connectivity index (χ3v) is 5.99. The molecule has 4 rings (SSSR count). The van der Waals surface area contributed by atoms with Crippen molar-refractivity contribution in [3.63, 3.8) is 0 Å². The summed E-state index contributed by atoms with van der Waals surface area (Å²) in [5.74, 6) is 0.231. The Morgan fingerprint density at radius 3 is 2.47 bits per heavy atom. The Labute approximate surface area is 193 Å². The fraction of sp³-hybridized carbons (Fsp3) is 0.524. The maximum absolute atomic E-state index is 12.5. The van der Waals surface area contributed by atoms with Gasteiger partial charge in [-0.2, -0.15) is 0 Å². The number of aliphatic hydroxyl groups excluding tert-OH is 2. The highest BCUT2D eigenvalue weighted by atomic mass is 16.5. The molecule has 182 valence electrons. The van der Waals surface area contributed by atoms with Gasteiger partial charge in [0, 0.05) is 32.4 Å². The van der Waals surface area contributed by atoms with Gasteiger partial charge in [-0.25, -0.2) is 19.7 Å². The van der Waals surface area contributed by atoms with E-state index in [0.717, 1.165) is 4.57 Å². The molecule has 3 aromatic rings. The lowest BCUT2D eigenvalue weighted by atomic mass is 9.97. The number of ether oxygens (including phenoxy) is 1. The Hall–Kier alpha value is -3.42. The van der Waals surface area contributed by atoms with Gasteiger partial charge in [0.25, 0.3) is 11.5 Å². The predicted octanol–water partition coefficient (Wildman–Crippen LogP) is -1.73. The number of amides is 1. The van der Waals surface area contributed by atoms with Gasteiger partial charge in [-0.15, -0.1) is 0 Å². The summed E-state index contributed by atoms with van der Waals surface area (Å²) >= 11 is 0. The van der Waals surface area contributed by atoms with Gasteiger partial charge in [-0.1, -0.05) is 13.8 Å². The quantitative estimate of drug-likeness (QED) is 0.390. The molecule has 0 radical (unpaired) electrons. The first-order valence-corrected chi connectivity index (χ1v) is 10.8. The fourth-order valence-corrected chi connectivity index (χ4v) is 3.94. The van der Waals surface area contributed by atoms with Crippen LogP contribution in [-0.2, 0) is 25.4 Å². The number of carbonyl (C=O) groups is 1. The van der Waals surface area contributed by atoms with E-state index in [9.17, 15) is 24.6 Å². The van der Waals surface area contributed by atoms with Crippen LogP contribution in [-0.4, -0.2) is 75.7 Å². The van der Waals surface area contributed by atoms with Crippen molar-refractivity contribution in [2.45, 2.75) is 50.7 Å². The van der Waals surface area contributed by atoms with E-state index in [1.54, 1.807) is 0 Å².